The lowest BCUT2D eigenvalue weighted by atomic mass is 9.84. The summed E-state index contributed by atoms with van der Waals surface area (Å²) in [4.78, 5) is 81.0. The first-order chi connectivity index (χ1) is 44.1. The monoisotopic (exact) mass is 1320 g/mol. The van der Waals surface area contributed by atoms with Crippen LogP contribution in [0.2, 0.25) is 0 Å². The van der Waals surface area contributed by atoms with E-state index < -0.39 is 48.8 Å². The van der Waals surface area contributed by atoms with Gasteiger partial charge < -0.3 is 103 Å². The topological polar surface area (TPSA) is 376 Å². The molecule has 3 heterocycles. The fraction of sp³-hybridized carbons (Fsp3) is 0.571. The van der Waals surface area contributed by atoms with Crippen LogP contribution in [0, 0.1) is 31.6 Å². The average molecular weight is 1330 g/mol. The van der Waals surface area contributed by atoms with Crippen molar-refractivity contribution in [1.82, 2.24) is 31.1 Å². The van der Waals surface area contributed by atoms with Gasteiger partial charge in [-0.05, 0) is 195 Å². The van der Waals surface area contributed by atoms with Crippen molar-refractivity contribution in [2.45, 2.75) is 110 Å². The fourth-order valence-electron chi connectivity index (χ4n) is 11.0. The third-order valence-electron chi connectivity index (χ3n) is 16.5. The summed E-state index contributed by atoms with van der Waals surface area (Å²) in [7, 11) is 1.27. The number of thiol groups is 1. The van der Waals surface area contributed by atoms with E-state index in [-0.39, 0.29) is 123 Å². The minimum atomic E-state index is -4.16. The van der Waals surface area contributed by atoms with E-state index in [1.165, 1.54) is 19.2 Å². The molecule has 0 bridgehead atoms. The number of amides is 5. The molecule has 0 fully saturated rings. The van der Waals surface area contributed by atoms with Crippen LogP contribution < -0.4 is 80.5 Å². The Balaban J connectivity index is 1.30. The Morgan fingerprint density at radius 3 is 1.83 bits per heavy atom. The number of hydrogen-bond donors (Lipinski definition) is 13. The molecule has 18 N–H and O–H groups in total. The average Bonchev–Trinajstić information content (AvgIpc) is 1.52. The quantitative estimate of drug-likeness (QED) is 0.0167. The van der Waals surface area contributed by atoms with E-state index in [1.807, 2.05) is 6.26 Å². The summed E-state index contributed by atoms with van der Waals surface area (Å²) in [5.41, 5.74) is 40.7. The number of carbonyl (C=O) groups excluding carboxylic acids is 6. The highest BCUT2D eigenvalue weighted by Gasteiger charge is 2.55. The van der Waals surface area contributed by atoms with Gasteiger partial charge in [-0.2, -0.15) is 24.4 Å². The third-order valence-corrected chi connectivity index (χ3v) is 17.5. The number of halogens is 2. The lowest BCUT2D eigenvalue weighted by Gasteiger charge is -2.34. The zero-order valence-electron chi connectivity index (χ0n) is 54.2. The molecule has 5 amide bonds. The highest BCUT2D eigenvalue weighted by Crippen LogP contribution is 2.43. The maximum atomic E-state index is 16.2. The number of thioether (sulfide) groups is 1. The van der Waals surface area contributed by atoms with Gasteiger partial charge in [-0.25, -0.2) is 4.79 Å². The van der Waals surface area contributed by atoms with E-state index in [4.69, 9.17) is 53.3 Å². The summed E-state index contributed by atoms with van der Waals surface area (Å²) in [6.45, 7) is 5.67. The number of nitrogens with one attached hydrogen (secondary N) is 6. The SMILES string of the molecule is COC(=O)[C@H](CCSC)NC(=O)c1ccc(NC[C@H](CS)NC(=O)CCNC(=O)[C@H](CCCCNC(=O)CCC2=C3C(C)=CC(C)=[N+]3[B-](F)(F)n3c(C)cc(C)c32)NC(=O)c2cc(OCCC(CN)CN)c(OCCC(CN)CN)c(OCCC(CN)CN)c2)cc1. The molecule has 29 heteroatoms. The number of esters is 1. The molecular weight excluding hydrogens is 1230 g/mol. The van der Waals surface area contributed by atoms with Gasteiger partial charge in [-0.3, -0.25) is 24.0 Å². The maximum absolute atomic E-state index is 16.2. The van der Waals surface area contributed by atoms with E-state index in [0.717, 1.165) is 8.96 Å². The molecule has 0 saturated heterocycles. The van der Waals surface area contributed by atoms with E-state index in [9.17, 15) is 28.8 Å². The summed E-state index contributed by atoms with van der Waals surface area (Å²) in [6.07, 6.45) is 6.53. The van der Waals surface area contributed by atoms with Gasteiger partial charge in [0.15, 0.2) is 17.2 Å². The van der Waals surface area contributed by atoms with Crippen molar-refractivity contribution in [2.24, 2.45) is 52.2 Å². The highest BCUT2D eigenvalue weighted by atomic mass is 32.2. The molecule has 0 radical (unpaired) electrons. The van der Waals surface area contributed by atoms with Gasteiger partial charge in [0.25, 0.3) is 11.8 Å². The zero-order valence-corrected chi connectivity index (χ0v) is 55.9. The van der Waals surface area contributed by atoms with Crippen molar-refractivity contribution in [1.29, 1.82) is 0 Å². The molecule has 5 rings (SSSR count). The molecule has 2 aromatic carbocycles. The molecule has 510 valence electrons. The lowest BCUT2D eigenvalue weighted by molar-refractivity contribution is -0.363. The summed E-state index contributed by atoms with van der Waals surface area (Å²) < 4.78 is 58.4. The molecule has 0 unspecified atom stereocenters. The van der Waals surface area contributed by atoms with E-state index in [2.05, 4.69) is 44.5 Å². The largest absolute Gasteiger partial charge is 0.737 e. The van der Waals surface area contributed by atoms with E-state index in [1.54, 1.807) is 75.9 Å². The standard InChI is InChI=1S/C63H99BF2N14O10S2/c1-39-27-41(3)79-57(39)50(58-40(2)28-42(4)80(58)64(79,65)66)14-15-55(81)73-21-8-7-9-51(62(85)74-22-16-56(82)76-49(38-91)37-75-48-12-10-46(11-13-48)60(83)78-52(20-26-92-6)63(86)87-5)77-61(84)47-29-53(88-23-17-43(31-67)32-68)59(90-25-19-45(35-71)36-72)54(30-47)89-24-18-44(33-69)34-70/h10-13,27-30,43-45,49,51-52,75,91H,7-9,14-26,31-38,67-72H2,1-6H3,(H,73,81)(H,74,85)(H,76,82)(H,77,84)(H,78,83)/t49-,51+,52+/m1/s1. The first-order valence-corrected chi connectivity index (χ1v) is 33.7. The number of aromatic nitrogens is 1. The van der Waals surface area contributed by atoms with Gasteiger partial charge >= 0.3 is 12.9 Å². The number of benzene rings is 2. The number of methoxy groups -OCH3 is 1. The van der Waals surface area contributed by atoms with Crippen molar-refractivity contribution >= 4 is 83.8 Å². The second kappa shape index (κ2) is 38.5. The smallest absolute Gasteiger partial charge is 0.490 e. The van der Waals surface area contributed by atoms with Crippen LogP contribution in [-0.4, -0.2) is 179 Å². The highest BCUT2D eigenvalue weighted by molar-refractivity contribution is 7.98. The summed E-state index contributed by atoms with van der Waals surface area (Å²) in [5, 5.41) is 17.6. The number of anilines is 1. The summed E-state index contributed by atoms with van der Waals surface area (Å²) in [6, 6.07) is 9.01. The van der Waals surface area contributed by atoms with Crippen LogP contribution in [0.3, 0.4) is 0 Å². The molecule has 0 saturated carbocycles. The molecule has 24 nitrogen and oxygen atoms in total. The number of ether oxygens (including phenoxy) is 4. The number of aryl methyl sites for hydroxylation is 2. The van der Waals surface area contributed by atoms with Gasteiger partial charge in [0.05, 0.1) is 33.0 Å². The number of nitrogens with two attached hydrogens (primary N) is 6. The maximum Gasteiger partial charge on any atom is 0.737 e. The van der Waals surface area contributed by atoms with Crippen molar-refractivity contribution in [3.05, 3.63) is 87.9 Å². The Bertz CT molecular complexity index is 3010. The van der Waals surface area contributed by atoms with Crippen molar-refractivity contribution in [3.63, 3.8) is 0 Å². The first kappa shape index (κ1) is 76.0. The lowest BCUT2D eigenvalue weighted by Crippen LogP contribution is -2.51. The minimum absolute atomic E-state index is 0.0250. The van der Waals surface area contributed by atoms with Crippen LogP contribution in [0.15, 0.2) is 59.8 Å². The Labute approximate surface area is 549 Å². The Morgan fingerprint density at radius 2 is 1.26 bits per heavy atom. The van der Waals surface area contributed by atoms with Gasteiger partial charge in [-0.1, -0.05) is 0 Å². The minimum Gasteiger partial charge on any atom is -0.490 e. The van der Waals surface area contributed by atoms with Crippen LogP contribution in [0.5, 0.6) is 17.2 Å². The van der Waals surface area contributed by atoms with Gasteiger partial charge in [0.2, 0.25) is 23.5 Å². The van der Waals surface area contributed by atoms with Crippen LogP contribution in [0.4, 0.5) is 14.3 Å². The molecule has 0 aliphatic carbocycles. The molecule has 92 heavy (non-hydrogen) atoms. The summed E-state index contributed by atoms with van der Waals surface area (Å²) >= 11 is 6.00. The third kappa shape index (κ3) is 21.7. The molecule has 2 aliphatic heterocycles. The molecule has 0 spiro atoms. The molecular formula is C63H99BF2N14O10S2. The zero-order chi connectivity index (χ0) is 67.5. The summed E-state index contributed by atoms with van der Waals surface area (Å²) in [5.74, 6) is -1.45. The predicted molar refractivity (Wildman–Crippen MR) is 362 cm³/mol. The Hall–Kier alpha value is -6.73. The van der Waals surface area contributed by atoms with E-state index in [0.29, 0.717) is 134 Å². The number of rotatable bonds is 43. The molecule has 2 aliphatic rings. The Morgan fingerprint density at radius 1 is 0.685 bits per heavy atom. The number of nitrogens with zero attached hydrogens (tertiary/aromatic N) is 2. The van der Waals surface area contributed by atoms with Gasteiger partial charge in [-0.15, -0.1) is 0 Å². The van der Waals surface area contributed by atoms with Gasteiger partial charge in [0, 0.05) is 84.9 Å². The second-order valence-corrected chi connectivity index (χ2v) is 24.7. The molecule has 3 aromatic rings. The van der Waals surface area contributed by atoms with Gasteiger partial charge in [0.1, 0.15) is 17.8 Å². The second-order valence-electron chi connectivity index (χ2n) is 23.3. The van der Waals surface area contributed by atoms with E-state index >= 15 is 8.63 Å². The number of hydrogen-bond acceptors (Lipinski definition) is 19. The number of fused-ring (bicyclic) bond motifs is 2. The fourth-order valence-corrected chi connectivity index (χ4v) is 11.7. The first-order valence-electron chi connectivity index (χ1n) is 31.6. The van der Waals surface area contributed by atoms with Crippen LogP contribution >= 0.6 is 24.4 Å². The van der Waals surface area contributed by atoms with Crippen molar-refractivity contribution < 1.29 is 60.8 Å². The van der Waals surface area contributed by atoms with Crippen LogP contribution in [0.1, 0.15) is 116 Å². The van der Waals surface area contributed by atoms with Crippen molar-refractivity contribution in [2.75, 3.05) is 109 Å². The molecule has 3 atom stereocenters. The van der Waals surface area contributed by atoms with Crippen LogP contribution in [0.25, 0.3) is 5.57 Å². The Kier molecular flexibility index (Phi) is 31.8. The predicted octanol–water partition coefficient (Wildman–Crippen LogP) is 3.32. The molecule has 1 aromatic heterocycles. The normalized spacial score (nSPS) is 14.3. The number of allylic oxidation sites excluding steroid dienone is 3. The number of carbonyl (C=O) groups is 6. The van der Waals surface area contributed by atoms with Crippen molar-refractivity contribution in [3.8, 4) is 17.2 Å². The van der Waals surface area contributed by atoms with Crippen LogP contribution in [-0.2, 0) is 23.9 Å². The number of unbranched alkanes of at least 4 members (excludes halogenated alkanes) is 1.